The van der Waals surface area contributed by atoms with Gasteiger partial charge in [0.25, 0.3) is 5.91 Å². The fraction of sp³-hybridized carbons (Fsp3) is 0.333. The maximum atomic E-state index is 14.0. The van der Waals surface area contributed by atoms with E-state index in [9.17, 15) is 9.59 Å². The number of aryl methyl sites for hydroxylation is 1. The first-order valence-electron chi connectivity index (χ1n) is 11.5. The van der Waals surface area contributed by atoms with Gasteiger partial charge in [-0.2, -0.15) is 0 Å². The monoisotopic (exact) mass is 459 g/mol. The molecule has 0 radical (unpaired) electrons. The van der Waals surface area contributed by atoms with Crippen LogP contribution in [0.3, 0.4) is 0 Å². The Morgan fingerprint density at radius 3 is 2.42 bits per heavy atom. The Kier molecular flexibility index (Phi) is 5.71. The van der Waals surface area contributed by atoms with Gasteiger partial charge in [-0.15, -0.1) is 11.3 Å². The summed E-state index contributed by atoms with van der Waals surface area (Å²) in [6, 6.07) is 17.8. The van der Waals surface area contributed by atoms with E-state index in [2.05, 4.69) is 36.9 Å². The third-order valence-electron chi connectivity index (χ3n) is 7.19. The van der Waals surface area contributed by atoms with Crippen LogP contribution in [0.2, 0.25) is 0 Å². The number of likely N-dealkylation sites (N-methyl/N-ethyl adjacent to an activating group) is 1. The van der Waals surface area contributed by atoms with E-state index in [-0.39, 0.29) is 17.9 Å². The van der Waals surface area contributed by atoms with E-state index in [1.165, 1.54) is 16.8 Å². The van der Waals surface area contributed by atoms with Gasteiger partial charge < -0.3 is 14.7 Å². The molecule has 3 aromatic rings. The molecule has 5 rings (SSSR count). The number of nitrogens with zero attached hydrogens (tertiary/aromatic N) is 3. The average Bonchev–Trinajstić information content (AvgIpc) is 3.37. The third-order valence-corrected chi connectivity index (χ3v) is 8.13. The number of benzene rings is 2. The molecule has 2 aliphatic rings. The molecular weight excluding hydrogens is 430 g/mol. The molecule has 6 heteroatoms. The summed E-state index contributed by atoms with van der Waals surface area (Å²) in [6.45, 7) is 7.28. The molecule has 0 spiro atoms. The minimum absolute atomic E-state index is 0.0206. The lowest BCUT2D eigenvalue weighted by Crippen LogP contribution is -2.53. The van der Waals surface area contributed by atoms with Gasteiger partial charge in [0, 0.05) is 49.4 Å². The second-order valence-electron chi connectivity index (χ2n) is 8.97. The highest BCUT2D eigenvalue weighted by atomic mass is 32.1. The van der Waals surface area contributed by atoms with Crippen LogP contribution >= 0.6 is 11.3 Å². The van der Waals surface area contributed by atoms with Crippen molar-refractivity contribution < 1.29 is 9.59 Å². The van der Waals surface area contributed by atoms with Crippen LogP contribution in [0.4, 0.5) is 5.69 Å². The molecule has 0 N–H and O–H groups in total. The van der Waals surface area contributed by atoms with E-state index >= 15 is 0 Å². The number of anilines is 1. The highest BCUT2D eigenvalue weighted by Gasteiger charge is 2.44. The summed E-state index contributed by atoms with van der Waals surface area (Å²) in [5.41, 5.74) is 5.33. The summed E-state index contributed by atoms with van der Waals surface area (Å²) in [7, 11) is 1.82. The summed E-state index contributed by atoms with van der Waals surface area (Å²) in [4.78, 5) is 34.3. The van der Waals surface area contributed by atoms with Crippen molar-refractivity contribution in [2.75, 3.05) is 38.1 Å². The standard InChI is InChI=1S/C27H29N3O2S/c1-18-8-6-11-22(19(18)2)29-13-15-30(16-14-29)27(32)24-20-9-4-5-10-21(20)26(31)28(3)25(24)23-12-7-17-33-23/h4-12,17,24-25H,13-16H2,1-3H3/t24-,25-/m0/s1. The van der Waals surface area contributed by atoms with Gasteiger partial charge >= 0.3 is 0 Å². The van der Waals surface area contributed by atoms with E-state index in [0.717, 1.165) is 23.5 Å². The smallest absolute Gasteiger partial charge is 0.254 e. The first-order chi connectivity index (χ1) is 16.0. The number of fused-ring (bicyclic) bond motifs is 1. The highest BCUT2D eigenvalue weighted by molar-refractivity contribution is 7.10. The van der Waals surface area contributed by atoms with Crippen molar-refractivity contribution in [2.24, 2.45) is 0 Å². The summed E-state index contributed by atoms with van der Waals surface area (Å²) >= 11 is 1.61. The molecule has 1 fully saturated rings. The van der Waals surface area contributed by atoms with E-state index in [0.29, 0.717) is 18.7 Å². The van der Waals surface area contributed by atoms with Crippen LogP contribution in [0.1, 0.15) is 43.9 Å². The minimum atomic E-state index is -0.394. The predicted molar refractivity (Wildman–Crippen MR) is 133 cm³/mol. The molecule has 0 bridgehead atoms. The number of carbonyl (C=O) groups is 2. The zero-order valence-corrected chi connectivity index (χ0v) is 20.1. The van der Waals surface area contributed by atoms with E-state index in [4.69, 9.17) is 0 Å². The van der Waals surface area contributed by atoms with Crippen molar-refractivity contribution in [3.8, 4) is 0 Å². The molecule has 1 saturated heterocycles. The Morgan fingerprint density at radius 2 is 1.70 bits per heavy atom. The fourth-order valence-electron chi connectivity index (χ4n) is 5.20. The second-order valence-corrected chi connectivity index (χ2v) is 9.95. The number of hydrogen-bond donors (Lipinski definition) is 0. The number of piperazine rings is 1. The van der Waals surface area contributed by atoms with Gasteiger partial charge in [0.1, 0.15) is 0 Å². The van der Waals surface area contributed by atoms with Crippen molar-refractivity contribution >= 4 is 28.8 Å². The topological polar surface area (TPSA) is 43.9 Å². The van der Waals surface area contributed by atoms with Crippen molar-refractivity contribution in [3.05, 3.63) is 87.1 Å². The first kappa shape index (κ1) is 21.7. The average molecular weight is 460 g/mol. The van der Waals surface area contributed by atoms with Crippen LogP contribution in [-0.4, -0.2) is 54.8 Å². The van der Waals surface area contributed by atoms with E-state index in [1.807, 2.05) is 53.7 Å². The van der Waals surface area contributed by atoms with Gasteiger partial charge in [-0.3, -0.25) is 9.59 Å². The molecule has 2 amide bonds. The van der Waals surface area contributed by atoms with Crippen molar-refractivity contribution in [1.82, 2.24) is 9.80 Å². The number of carbonyl (C=O) groups excluding carboxylic acids is 2. The fourth-order valence-corrected chi connectivity index (χ4v) is 6.10. The van der Waals surface area contributed by atoms with Gasteiger partial charge in [-0.1, -0.05) is 36.4 Å². The summed E-state index contributed by atoms with van der Waals surface area (Å²) in [5.74, 6) is -0.302. The lowest BCUT2D eigenvalue weighted by Gasteiger charge is -2.43. The third kappa shape index (κ3) is 3.72. The predicted octanol–water partition coefficient (Wildman–Crippen LogP) is 4.62. The van der Waals surface area contributed by atoms with Gasteiger partial charge in [0.2, 0.25) is 5.91 Å². The van der Waals surface area contributed by atoms with Crippen molar-refractivity contribution in [2.45, 2.75) is 25.8 Å². The quantitative estimate of drug-likeness (QED) is 0.574. The van der Waals surface area contributed by atoms with Gasteiger partial charge in [0.05, 0.1) is 12.0 Å². The summed E-state index contributed by atoms with van der Waals surface area (Å²) in [5, 5.41) is 2.01. The van der Waals surface area contributed by atoms with Crippen LogP contribution in [0.25, 0.3) is 0 Å². The Labute approximate surface area is 199 Å². The molecule has 2 aromatic carbocycles. The molecule has 2 aliphatic heterocycles. The Balaban J connectivity index is 1.43. The molecular formula is C27H29N3O2S. The van der Waals surface area contributed by atoms with Crippen molar-refractivity contribution in [3.63, 3.8) is 0 Å². The van der Waals surface area contributed by atoms with Gasteiger partial charge in [-0.25, -0.2) is 0 Å². The molecule has 3 heterocycles. The second kappa shape index (κ2) is 8.67. The lowest BCUT2D eigenvalue weighted by atomic mass is 9.81. The number of amides is 2. The molecule has 2 atom stereocenters. The van der Waals surface area contributed by atoms with Crippen molar-refractivity contribution in [1.29, 1.82) is 0 Å². The number of hydrogen-bond acceptors (Lipinski definition) is 4. The largest absolute Gasteiger partial charge is 0.368 e. The zero-order valence-electron chi connectivity index (χ0n) is 19.3. The van der Waals surface area contributed by atoms with Crippen LogP contribution in [0, 0.1) is 13.8 Å². The molecule has 0 aliphatic carbocycles. The van der Waals surface area contributed by atoms with Crippen LogP contribution < -0.4 is 4.90 Å². The molecule has 33 heavy (non-hydrogen) atoms. The maximum Gasteiger partial charge on any atom is 0.254 e. The molecule has 170 valence electrons. The Morgan fingerprint density at radius 1 is 0.939 bits per heavy atom. The minimum Gasteiger partial charge on any atom is -0.368 e. The van der Waals surface area contributed by atoms with Gasteiger partial charge in [-0.05, 0) is 54.1 Å². The van der Waals surface area contributed by atoms with Gasteiger partial charge in [0.15, 0.2) is 0 Å². The van der Waals surface area contributed by atoms with Crippen LogP contribution in [0.5, 0.6) is 0 Å². The Hall–Kier alpha value is -3.12. The number of thiophene rings is 1. The Bertz CT molecular complexity index is 1180. The molecule has 0 unspecified atom stereocenters. The highest BCUT2D eigenvalue weighted by Crippen LogP contribution is 2.44. The molecule has 1 aromatic heterocycles. The summed E-state index contributed by atoms with van der Waals surface area (Å²) < 4.78 is 0. The van der Waals surface area contributed by atoms with Crippen LogP contribution in [0.15, 0.2) is 60.0 Å². The van der Waals surface area contributed by atoms with Crippen LogP contribution in [-0.2, 0) is 4.79 Å². The maximum absolute atomic E-state index is 14.0. The summed E-state index contributed by atoms with van der Waals surface area (Å²) in [6.07, 6.45) is 0. The molecule has 5 nitrogen and oxygen atoms in total. The lowest BCUT2D eigenvalue weighted by molar-refractivity contribution is -0.134. The van der Waals surface area contributed by atoms with E-state index < -0.39 is 5.92 Å². The number of rotatable bonds is 3. The SMILES string of the molecule is Cc1cccc(N2CCN(C(=O)[C@H]3c4ccccc4C(=O)N(C)[C@H]3c3cccs3)CC2)c1C. The molecule has 0 saturated carbocycles. The normalized spacial score (nSPS) is 20.7. The van der Waals surface area contributed by atoms with E-state index in [1.54, 1.807) is 16.2 Å². The zero-order chi connectivity index (χ0) is 23.1. The first-order valence-corrected chi connectivity index (χ1v) is 12.3.